The number of imidazole rings is 1. The summed E-state index contributed by atoms with van der Waals surface area (Å²) in [6.45, 7) is 10.8. The van der Waals surface area contributed by atoms with Gasteiger partial charge in [0.05, 0.1) is 7.11 Å². The highest BCUT2D eigenvalue weighted by molar-refractivity contribution is 6.35. The molecular weight excluding hydrogens is 483 g/mol. The summed E-state index contributed by atoms with van der Waals surface area (Å²) in [4.78, 5) is 23.7. The van der Waals surface area contributed by atoms with E-state index in [1.54, 1.807) is 0 Å². The number of ether oxygens (including phenoxy) is 1. The number of esters is 1. The molecule has 0 aliphatic heterocycles. The van der Waals surface area contributed by atoms with Crippen molar-refractivity contribution in [2.24, 2.45) is 0 Å². The van der Waals surface area contributed by atoms with Crippen LogP contribution in [0.4, 0.5) is 0 Å². The minimum atomic E-state index is -0.0882. The number of carbonyl (C=O) groups excluding carboxylic acids is 1. The van der Waals surface area contributed by atoms with Gasteiger partial charge in [0, 0.05) is 13.0 Å². The van der Waals surface area contributed by atoms with Crippen LogP contribution in [0.3, 0.4) is 0 Å². The first-order valence-corrected chi connectivity index (χ1v) is 14.4. The minimum absolute atomic E-state index is 0.0882. The summed E-state index contributed by atoms with van der Waals surface area (Å²) in [7, 11) is 1.45. The number of rotatable bonds is 16. The van der Waals surface area contributed by atoms with Gasteiger partial charge in [0.15, 0.2) is 10.8 Å². The molecular formula is C27H48Cl2N4O2. The third-order valence-corrected chi connectivity index (χ3v) is 6.15. The largest absolute Gasteiger partial charge is 0.469 e. The number of unbranched alkanes of at least 4 members (excludes halogenated alkanes) is 12. The Hall–Kier alpha value is -1.40. The molecule has 6 nitrogen and oxygen atoms in total. The van der Waals surface area contributed by atoms with Crippen molar-refractivity contribution in [3.63, 3.8) is 0 Å². The molecule has 8 heteroatoms. The lowest BCUT2D eigenvalue weighted by molar-refractivity contribution is -0.140. The van der Waals surface area contributed by atoms with E-state index in [2.05, 4.69) is 24.3 Å². The van der Waals surface area contributed by atoms with Crippen LogP contribution in [0.15, 0.2) is 0 Å². The van der Waals surface area contributed by atoms with Crippen LogP contribution in [0.1, 0.15) is 123 Å². The Kier molecular flexibility index (Phi) is 21.0. The van der Waals surface area contributed by atoms with Gasteiger partial charge in [0.2, 0.25) is 5.28 Å². The molecule has 0 unspecified atom stereocenters. The number of hydrogen-bond donors (Lipinski definition) is 0. The van der Waals surface area contributed by atoms with Gasteiger partial charge >= 0.3 is 5.97 Å². The first-order valence-electron chi connectivity index (χ1n) is 13.7. The predicted molar refractivity (Wildman–Crippen MR) is 149 cm³/mol. The molecule has 0 bridgehead atoms. The minimum Gasteiger partial charge on any atom is -0.469 e. The van der Waals surface area contributed by atoms with Crippen LogP contribution in [0.2, 0.25) is 10.4 Å². The lowest BCUT2D eigenvalue weighted by atomic mass is 10.0. The summed E-state index contributed by atoms with van der Waals surface area (Å²) in [5.41, 5.74) is 1.36. The average Bonchev–Trinajstić information content (AvgIpc) is 3.18. The van der Waals surface area contributed by atoms with Gasteiger partial charge in [-0.2, -0.15) is 4.98 Å². The van der Waals surface area contributed by atoms with E-state index in [9.17, 15) is 4.79 Å². The number of nitrogens with zero attached hydrogens (tertiary/aromatic N) is 4. The second-order valence-corrected chi connectivity index (χ2v) is 8.88. The van der Waals surface area contributed by atoms with E-state index in [4.69, 9.17) is 23.2 Å². The number of aromatic nitrogens is 4. The smallest absolute Gasteiger partial charge is 0.305 e. The topological polar surface area (TPSA) is 69.9 Å². The maximum Gasteiger partial charge on any atom is 0.305 e. The summed E-state index contributed by atoms with van der Waals surface area (Å²) in [6.07, 6.45) is 16.7. The highest BCUT2D eigenvalue weighted by Crippen LogP contribution is 2.24. The van der Waals surface area contributed by atoms with Crippen LogP contribution in [-0.4, -0.2) is 32.6 Å². The molecule has 0 aliphatic carbocycles. The van der Waals surface area contributed by atoms with Crippen LogP contribution in [-0.2, 0) is 16.1 Å². The van der Waals surface area contributed by atoms with E-state index < -0.39 is 0 Å². The van der Waals surface area contributed by atoms with Gasteiger partial charge in [-0.15, -0.1) is 0 Å². The Bertz CT molecular complexity index is 812. The lowest BCUT2D eigenvalue weighted by Crippen LogP contribution is -2.01. The molecule has 0 saturated carbocycles. The third-order valence-electron chi connectivity index (χ3n) is 5.71. The van der Waals surface area contributed by atoms with E-state index >= 15 is 0 Å². The number of halogens is 2. The Morgan fingerprint density at radius 3 is 1.69 bits per heavy atom. The van der Waals surface area contributed by atoms with Crippen LogP contribution >= 0.6 is 23.2 Å². The average molecular weight is 532 g/mol. The van der Waals surface area contributed by atoms with Gasteiger partial charge in [-0.25, -0.2) is 9.97 Å². The first-order chi connectivity index (χ1) is 17.0. The molecule has 0 atom stereocenters. The van der Waals surface area contributed by atoms with Crippen LogP contribution in [0.5, 0.6) is 0 Å². The molecule has 0 fully saturated rings. The Morgan fingerprint density at radius 2 is 1.20 bits per heavy atom. The van der Waals surface area contributed by atoms with E-state index in [1.807, 2.05) is 34.6 Å². The maximum atomic E-state index is 11.0. The number of fused-ring (bicyclic) bond motifs is 1. The zero-order chi connectivity index (χ0) is 26.5. The molecule has 0 N–H and O–H groups in total. The molecule has 2 heterocycles. The Labute approximate surface area is 223 Å². The Balaban J connectivity index is 0.00000274. The van der Waals surface area contributed by atoms with Crippen molar-refractivity contribution in [2.75, 3.05) is 7.11 Å². The van der Waals surface area contributed by atoms with Crippen molar-refractivity contribution in [1.82, 2.24) is 19.5 Å². The van der Waals surface area contributed by atoms with Crippen molar-refractivity contribution < 1.29 is 9.53 Å². The SMILES string of the molecule is CC.CC.COC(=O)CCCCCCCCCCCCCCCn1c(C)nc2nc(Cl)nc(Cl)c21. The van der Waals surface area contributed by atoms with E-state index in [0.717, 1.165) is 37.1 Å². The van der Waals surface area contributed by atoms with Crippen molar-refractivity contribution in [3.05, 3.63) is 16.3 Å². The molecule has 35 heavy (non-hydrogen) atoms. The third kappa shape index (κ3) is 14.1. The second-order valence-electron chi connectivity index (χ2n) is 8.19. The van der Waals surface area contributed by atoms with Crippen LogP contribution in [0.25, 0.3) is 11.2 Å². The standard InChI is InChI=1S/C23H36Cl2N4O2.2C2H6/c1-18-26-22-20(21(24)27-23(25)28-22)29(18)17-15-13-11-9-7-5-3-4-6-8-10-12-14-16-19(30)31-2;2*1-2/h3-17H2,1-2H3;2*1-2H3. The number of aryl methyl sites for hydroxylation is 2. The Morgan fingerprint density at radius 1 is 0.743 bits per heavy atom. The van der Waals surface area contributed by atoms with Crippen LogP contribution in [0, 0.1) is 6.92 Å². The molecule has 0 saturated heterocycles. The summed E-state index contributed by atoms with van der Waals surface area (Å²) < 4.78 is 6.75. The van der Waals surface area contributed by atoms with Crippen LogP contribution < -0.4 is 0 Å². The zero-order valence-electron chi connectivity index (χ0n) is 23.0. The summed E-state index contributed by atoms with van der Waals surface area (Å²) in [6, 6.07) is 0. The van der Waals surface area contributed by atoms with Gasteiger partial charge < -0.3 is 9.30 Å². The summed E-state index contributed by atoms with van der Waals surface area (Å²) in [5.74, 6) is 0.812. The highest BCUT2D eigenvalue weighted by Gasteiger charge is 2.14. The summed E-state index contributed by atoms with van der Waals surface area (Å²) >= 11 is 12.1. The van der Waals surface area contributed by atoms with Crippen molar-refractivity contribution in [3.8, 4) is 0 Å². The number of carbonyl (C=O) groups is 1. The fourth-order valence-corrected chi connectivity index (χ4v) is 4.41. The monoisotopic (exact) mass is 530 g/mol. The fraction of sp³-hybridized carbons (Fsp3) is 0.778. The van der Waals surface area contributed by atoms with E-state index in [0.29, 0.717) is 17.2 Å². The normalized spacial score (nSPS) is 10.4. The number of methoxy groups -OCH3 is 1. The highest BCUT2D eigenvalue weighted by atomic mass is 35.5. The van der Waals surface area contributed by atoms with Gasteiger partial charge in [-0.3, -0.25) is 4.79 Å². The van der Waals surface area contributed by atoms with Crippen molar-refractivity contribution >= 4 is 40.3 Å². The molecule has 2 aromatic rings. The van der Waals surface area contributed by atoms with Gasteiger partial charge in [0.1, 0.15) is 11.3 Å². The molecule has 0 amide bonds. The first kappa shape index (κ1) is 33.6. The van der Waals surface area contributed by atoms with Gasteiger partial charge in [-0.05, 0) is 31.4 Å². The van der Waals surface area contributed by atoms with Gasteiger partial charge in [0.25, 0.3) is 0 Å². The lowest BCUT2D eigenvalue weighted by Gasteiger charge is -2.07. The molecule has 2 aromatic heterocycles. The molecule has 0 aliphatic rings. The maximum absolute atomic E-state index is 11.0. The van der Waals surface area contributed by atoms with Crippen molar-refractivity contribution in [1.29, 1.82) is 0 Å². The molecule has 2 rings (SSSR count). The van der Waals surface area contributed by atoms with E-state index in [-0.39, 0.29) is 11.3 Å². The van der Waals surface area contributed by atoms with Crippen molar-refractivity contribution in [2.45, 2.75) is 131 Å². The second kappa shape index (κ2) is 21.8. The predicted octanol–water partition coefficient (Wildman–Crippen LogP) is 9.13. The molecule has 0 spiro atoms. The van der Waals surface area contributed by atoms with E-state index in [1.165, 1.54) is 71.3 Å². The number of hydrogen-bond acceptors (Lipinski definition) is 5. The van der Waals surface area contributed by atoms with Gasteiger partial charge in [-0.1, -0.05) is 110 Å². The zero-order valence-corrected chi connectivity index (χ0v) is 24.5. The quantitative estimate of drug-likeness (QED) is 0.0935. The fourth-order valence-electron chi connectivity index (χ4n) is 3.94. The molecule has 0 aromatic carbocycles. The molecule has 0 radical (unpaired) electrons. The molecule has 202 valence electrons. The summed E-state index contributed by atoms with van der Waals surface area (Å²) in [5, 5.41) is 0.509.